The van der Waals surface area contributed by atoms with Crippen molar-refractivity contribution >= 4 is 43.8 Å². The van der Waals surface area contributed by atoms with Gasteiger partial charge in [-0.2, -0.15) is 0 Å². The Morgan fingerprint density at radius 2 is 1.67 bits per heavy atom. The van der Waals surface area contributed by atoms with Gasteiger partial charge in [-0.05, 0) is 85.8 Å². The predicted molar refractivity (Wildman–Crippen MR) is 156 cm³/mol. The van der Waals surface area contributed by atoms with Crippen LogP contribution in [0, 0.1) is 0 Å². The molecule has 1 aliphatic heterocycles. The van der Waals surface area contributed by atoms with Gasteiger partial charge in [0.1, 0.15) is 23.0 Å². The van der Waals surface area contributed by atoms with Crippen LogP contribution in [0.1, 0.15) is 25.7 Å². The Morgan fingerprint density at radius 3 is 2.38 bits per heavy atom. The number of nitrogens with one attached hydrogen (secondary N) is 1. The minimum atomic E-state index is -3.56. The van der Waals surface area contributed by atoms with E-state index in [2.05, 4.69) is 5.32 Å². The molecule has 39 heavy (non-hydrogen) atoms. The summed E-state index contributed by atoms with van der Waals surface area (Å²) in [5.74, 6) is 1.96. The summed E-state index contributed by atoms with van der Waals surface area (Å²) in [6.07, 6.45) is 5.74. The summed E-state index contributed by atoms with van der Waals surface area (Å²) < 4.78 is 36.6. The lowest BCUT2D eigenvalue weighted by molar-refractivity contribution is 0.268. The molecule has 4 aromatic rings. The number of aromatic hydroxyl groups is 1. The van der Waals surface area contributed by atoms with Gasteiger partial charge in [0, 0.05) is 28.8 Å². The summed E-state index contributed by atoms with van der Waals surface area (Å²) in [4.78, 5) is -0.0408. The fourth-order valence-corrected chi connectivity index (χ4v) is 6.50. The van der Waals surface area contributed by atoms with Crippen molar-refractivity contribution < 1.29 is 23.0 Å². The van der Waals surface area contributed by atoms with Crippen molar-refractivity contribution in [1.82, 2.24) is 5.32 Å². The minimum Gasteiger partial charge on any atom is -0.508 e. The zero-order valence-corrected chi connectivity index (χ0v) is 23.7. The average Bonchev–Trinajstić information content (AvgIpc) is 2.91. The van der Waals surface area contributed by atoms with Crippen LogP contribution in [0.2, 0.25) is 10.0 Å². The van der Waals surface area contributed by atoms with Crippen LogP contribution in [-0.4, -0.2) is 39.0 Å². The first-order chi connectivity index (χ1) is 18.7. The number of benzene rings is 4. The molecule has 0 spiro atoms. The van der Waals surface area contributed by atoms with Gasteiger partial charge in [0.25, 0.3) is 0 Å². The molecular weight excluding hydrogens is 557 g/mol. The molecule has 6 nitrogen and oxygen atoms in total. The molecule has 204 valence electrons. The van der Waals surface area contributed by atoms with E-state index >= 15 is 0 Å². The third-order valence-electron chi connectivity index (χ3n) is 6.88. The minimum absolute atomic E-state index is 0.0408. The van der Waals surface area contributed by atoms with E-state index in [0.29, 0.717) is 35.3 Å². The van der Waals surface area contributed by atoms with E-state index in [0.717, 1.165) is 35.7 Å². The number of rotatable bonds is 8. The molecule has 0 amide bonds. The molecule has 5 rings (SSSR count). The van der Waals surface area contributed by atoms with Gasteiger partial charge < -0.3 is 19.9 Å². The van der Waals surface area contributed by atoms with Crippen LogP contribution in [0.5, 0.6) is 23.0 Å². The molecule has 1 unspecified atom stereocenters. The van der Waals surface area contributed by atoms with E-state index in [9.17, 15) is 13.5 Å². The van der Waals surface area contributed by atoms with Crippen molar-refractivity contribution in [3.8, 4) is 34.1 Å². The van der Waals surface area contributed by atoms with Gasteiger partial charge >= 0.3 is 0 Å². The molecule has 1 aliphatic rings. The largest absolute Gasteiger partial charge is 0.508 e. The van der Waals surface area contributed by atoms with E-state index < -0.39 is 9.84 Å². The third-order valence-corrected chi connectivity index (χ3v) is 9.01. The second-order valence-corrected chi connectivity index (χ2v) is 12.5. The highest BCUT2D eigenvalue weighted by atomic mass is 35.5. The quantitative estimate of drug-likeness (QED) is 0.221. The third kappa shape index (κ3) is 6.28. The number of phenolic OH excluding ortho intramolecular Hbond substituents is 1. The molecule has 0 radical (unpaired) electrons. The van der Waals surface area contributed by atoms with Gasteiger partial charge in [-0.25, -0.2) is 8.42 Å². The van der Waals surface area contributed by atoms with Crippen molar-refractivity contribution in [2.75, 3.05) is 19.4 Å². The fraction of sp³-hybridized carbons (Fsp3) is 0.267. The standard InChI is InChI=1S/C30H29Cl2NO5S/c1-39(35,36)27-14-13-25(28(31)29(27)32)26-11-5-19-18-21(34)6-12-24(19)30(26)38-23-9-7-22(8-10-23)37-17-15-20-4-2-3-16-33-20/h5-14,18,20,33-34H,2-4,15-17H2,1H3. The van der Waals surface area contributed by atoms with Crippen LogP contribution >= 0.6 is 23.2 Å². The summed E-state index contributed by atoms with van der Waals surface area (Å²) >= 11 is 13.0. The zero-order valence-electron chi connectivity index (χ0n) is 21.4. The summed E-state index contributed by atoms with van der Waals surface area (Å²) in [6, 6.07) is 19.6. The van der Waals surface area contributed by atoms with Gasteiger partial charge in [0.05, 0.1) is 21.5 Å². The molecule has 1 heterocycles. The maximum atomic E-state index is 12.1. The number of phenols is 1. The summed E-state index contributed by atoms with van der Waals surface area (Å²) in [5, 5.41) is 15.1. The molecule has 0 saturated carbocycles. The van der Waals surface area contributed by atoms with Crippen molar-refractivity contribution in [3.63, 3.8) is 0 Å². The highest BCUT2D eigenvalue weighted by Crippen LogP contribution is 2.45. The smallest absolute Gasteiger partial charge is 0.177 e. The Balaban J connectivity index is 1.45. The molecular formula is C30H29Cl2NO5S. The Bertz CT molecular complexity index is 1600. The van der Waals surface area contributed by atoms with Crippen LogP contribution in [0.25, 0.3) is 21.9 Å². The Hall–Kier alpha value is -2.97. The van der Waals surface area contributed by atoms with Gasteiger partial charge in [0.15, 0.2) is 9.84 Å². The molecule has 0 aliphatic carbocycles. The molecule has 0 bridgehead atoms. The normalized spacial score (nSPS) is 15.8. The maximum absolute atomic E-state index is 12.1. The van der Waals surface area contributed by atoms with Crippen molar-refractivity contribution in [1.29, 1.82) is 0 Å². The van der Waals surface area contributed by atoms with Gasteiger partial charge in [0.2, 0.25) is 0 Å². The molecule has 1 atom stereocenters. The van der Waals surface area contributed by atoms with Gasteiger partial charge in [-0.1, -0.05) is 41.8 Å². The number of halogens is 2. The molecule has 1 saturated heterocycles. The van der Waals surface area contributed by atoms with Crippen molar-refractivity contribution in [2.45, 2.75) is 36.6 Å². The van der Waals surface area contributed by atoms with Crippen LogP contribution in [0.4, 0.5) is 0 Å². The second kappa shape index (κ2) is 11.6. The maximum Gasteiger partial charge on any atom is 0.177 e. The SMILES string of the molecule is CS(=O)(=O)c1ccc(-c2ccc3cc(O)ccc3c2Oc2ccc(OCCC3CCCCN3)cc2)c(Cl)c1Cl. The number of hydrogen-bond donors (Lipinski definition) is 2. The topological polar surface area (TPSA) is 84.9 Å². The molecule has 0 aromatic heterocycles. The number of piperidine rings is 1. The summed E-state index contributed by atoms with van der Waals surface area (Å²) in [7, 11) is -3.56. The van der Waals surface area contributed by atoms with Crippen LogP contribution in [0.15, 0.2) is 71.6 Å². The highest BCUT2D eigenvalue weighted by Gasteiger charge is 2.21. The average molecular weight is 587 g/mol. The first kappa shape index (κ1) is 27.6. The lowest BCUT2D eigenvalue weighted by Crippen LogP contribution is -2.35. The van der Waals surface area contributed by atoms with E-state index in [4.69, 9.17) is 32.7 Å². The Kier molecular flexibility index (Phi) is 8.24. The van der Waals surface area contributed by atoms with Crippen molar-refractivity contribution in [3.05, 3.63) is 76.8 Å². The molecule has 2 N–H and O–H groups in total. The van der Waals surface area contributed by atoms with Gasteiger partial charge in [-0.3, -0.25) is 0 Å². The number of sulfone groups is 1. The second-order valence-electron chi connectivity index (χ2n) is 9.72. The lowest BCUT2D eigenvalue weighted by atomic mass is 9.99. The first-order valence-electron chi connectivity index (χ1n) is 12.8. The van der Waals surface area contributed by atoms with Crippen molar-refractivity contribution in [2.24, 2.45) is 0 Å². The lowest BCUT2D eigenvalue weighted by Gasteiger charge is -2.23. The fourth-order valence-electron chi connectivity index (χ4n) is 4.85. The Morgan fingerprint density at radius 1 is 0.923 bits per heavy atom. The summed E-state index contributed by atoms with van der Waals surface area (Å²) in [5.41, 5.74) is 1.15. The zero-order chi connectivity index (χ0) is 27.6. The number of ether oxygens (including phenoxy) is 2. The Labute approximate surface area is 238 Å². The van der Waals surface area contributed by atoms with E-state index in [1.54, 1.807) is 24.3 Å². The van der Waals surface area contributed by atoms with Crippen LogP contribution in [-0.2, 0) is 9.84 Å². The van der Waals surface area contributed by atoms with Gasteiger partial charge in [-0.15, -0.1) is 0 Å². The first-order valence-corrected chi connectivity index (χ1v) is 15.4. The predicted octanol–water partition coefficient (Wildman–Crippen LogP) is 7.63. The van der Waals surface area contributed by atoms with E-state index in [-0.39, 0.29) is 20.7 Å². The molecule has 4 aromatic carbocycles. The van der Waals surface area contributed by atoms with E-state index in [1.165, 1.54) is 25.3 Å². The van der Waals surface area contributed by atoms with Crippen LogP contribution in [0.3, 0.4) is 0 Å². The number of hydrogen-bond acceptors (Lipinski definition) is 6. The highest BCUT2D eigenvalue weighted by molar-refractivity contribution is 7.90. The monoisotopic (exact) mass is 585 g/mol. The van der Waals surface area contributed by atoms with E-state index in [1.807, 2.05) is 36.4 Å². The molecule has 9 heteroatoms. The molecule has 1 fully saturated rings. The van der Waals surface area contributed by atoms with Crippen LogP contribution < -0.4 is 14.8 Å². The number of fused-ring (bicyclic) bond motifs is 1. The summed E-state index contributed by atoms with van der Waals surface area (Å²) in [6.45, 7) is 1.71.